The molecule has 0 aliphatic rings. The number of aromatic nitrogens is 1. The normalized spacial score (nSPS) is 11.0. The van der Waals surface area contributed by atoms with Crippen molar-refractivity contribution in [1.82, 2.24) is 4.57 Å². The zero-order valence-electron chi connectivity index (χ0n) is 16.2. The predicted octanol–water partition coefficient (Wildman–Crippen LogP) is 5.42. The van der Waals surface area contributed by atoms with Crippen molar-refractivity contribution in [2.75, 3.05) is 0 Å². The maximum absolute atomic E-state index is 9.17. The van der Waals surface area contributed by atoms with Crippen LogP contribution in [-0.4, -0.2) is 10.8 Å². The van der Waals surface area contributed by atoms with Crippen molar-refractivity contribution in [3.05, 3.63) is 107 Å². The molecule has 4 aromatic rings. The van der Waals surface area contributed by atoms with Gasteiger partial charge in [-0.3, -0.25) is 0 Å². The van der Waals surface area contributed by atoms with Gasteiger partial charge in [0.25, 0.3) is 0 Å². The van der Waals surface area contributed by atoms with Crippen molar-refractivity contribution in [2.45, 2.75) is 20.1 Å². The molecule has 29 heavy (non-hydrogen) atoms. The fourth-order valence-electron chi connectivity index (χ4n) is 3.47. The Labute approximate surface area is 170 Å². The second-order valence-corrected chi connectivity index (χ2v) is 7.00. The first-order valence-electron chi connectivity index (χ1n) is 9.51. The number of aryl methyl sites for hydroxylation is 1. The SMILES string of the molecule is Cc1cccc(Cn2cc(/C=N\OCc3ccccc3C#N)c3ccccc32)c1. The second-order valence-electron chi connectivity index (χ2n) is 7.00. The molecule has 3 aromatic carbocycles. The topological polar surface area (TPSA) is 50.3 Å². The number of hydrogen-bond acceptors (Lipinski definition) is 3. The van der Waals surface area contributed by atoms with E-state index >= 15 is 0 Å². The van der Waals surface area contributed by atoms with Crippen LogP contribution in [0.25, 0.3) is 10.9 Å². The molecule has 0 aliphatic carbocycles. The standard InChI is InChI=1S/C25H21N3O/c1-19-7-6-8-20(13-19)16-28-17-23(24-11-4-5-12-25(24)28)15-27-29-18-22-10-3-2-9-21(22)14-26/h2-13,15,17H,16,18H2,1H3/b27-15-. The Hall–Kier alpha value is -3.84. The van der Waals surface area contributed by atoms with Gasteiger partial charge in [0.1, 0.15) is 6.61 Å². The van der Waals surface area contributed by atoms with Gasteiger partial charge < -0.3 is 9.40 Å². The van der Waals surface area contributed by atoms with Crippen LogP contribution in [-0.2, 0) is 18.0 Å². The number of oxime groups is 1. The molecule has 0 amide bonds. The molecule has 0 saturated carbocycles. The Morgan fingerprint density at radius 2 is 1.86 bits per heavy atom. The quantitative estimate of drug-likeness (QED) is 0.332. The van der Waals surface area contributed by atoms with Gasteiger partial charge in [0.2, 0.25) is 0 Å². The number of hydrogen-bond donors (Lipinski definition) is 0. The lowest BCUT2D eigenvalue weighted by Crippen LogP contribution is -1.98. The minimum Gasteiger partial charge on any atom is -0.391 e. The molecule has 0 bridgehead atoms. The van der Waals surface area contributed by atoms with Gasteiger partial charge in [0.05, 0.1) is 17.8 Å². The number of nitriles is 1. The summed E-state index contributed by atoms with van der Waals surface area (Å²) in [5.74, 6) is 0. The Morgan fingerprint density at radius 1 is 1.03 bits per heavy atom. The molecule has 1 aromatic heterocycles. The highest BCUT2D eigenvalue weighted by Crippen LogP contribution is 2.21. The van der Waals surface area contributed by atoms with Gasteiger partial charge in [0, 0.05) is 34.8 Å². The number of nitrogens with zero attached hydrogens (tertiary/aromatic N) is 3. The fraction of sp³-hybridized carbons (Fsp3) is 0.120. The third-order valence-electron chi connectivity index (χ3n) is 4.88. The highest BCUT2D eigenvalue weighted by Gasteiger charge is 2.07. The lowest BCUT2D eigenvalue weighted by Gasteiger charge is -2.06. The van der Waals surface area contributed by atoms with E-state index in [1.807, 2.05) is 30.3 Å². The van der Waals surface area contributed by atoms with Crippen LogP contribution in [0.2, 0.25) is 0 Å². The first kappa shape index (κ1) is 18.5. The highest BCUT2D eigenvalue weighted by atomic mass is 16.6. The third-order valence-corrected chi connectivity index (χ3v) is 4.88. The average Bonchev–Trinajstić information content (AvgIpc) is 3.09. The molecule has 4 rings (SSSR count). The van der Waals surface area contributed by atoms with E-state index in [1.165, 1.54) is 11.1 Å². The third kappa shape index (κ3) is 4.20. The fourth-order valence-corrected chi connectivity index (χ4v) is 3.47. The molecule has 0 radical (unpaired) electrons. The molecule has 0 aliphatic heterocycles. The van der Waals surface area contributed by atoms with Crippen LogP contribution < -0.4 is 0 Å². The molecule has 0 spiro atoms. The molecular formula is C25H21N3O. The lowest BCUT2D eigenvalue weighted by atomic mass is 10.1. The summed E-state index contributed by atoms with van der Waals surface area (Å²) in [4.78, 5) is 5.47. The molecule has 0 unspecified atom stereocenters. The van der Waals surface area contributed by atoms with E-state index in [0.29, 0.717) is 5.56 Å². The van der Waals surface area contributed by atoms with Crippen molar-refractivity contribution in [2.24, 2.45) is 5.16 Å². The van der Waals surface area contributed by atoms with Crippen LogP contribution in [0.5, 0.6) is 0 Å². The summed E-state index contributed by atoms with van der Waals surface area (Å²) in [6.45, 7) is 3.17. The summed E-state index contributed by atoms with van der Waals surface area (Å²) < 4.78 is 2.23. The zero-order chi connectivity index (χ0) is 20.1. The van der Waals surface area contributed by atoms with Crippen LogP contribution in [0.15, 0.2) is 84.1 Å². The summed E-state index contributed by atoms with van der Waals surface area (Å²) in [6, 6.07) is 26.4. The molecule has 1 heterocycles. The average molecular weight is 379 g/mol. The molecule has 4 heteroatoms. The van der Waals surface area contributed by atoms with Crippen LogP contribution in [0.4, 0.5) is 0 Å². The zero-order valence-corrected chi connectivity index (χ0v) is 16.2. The number of fused-ring (bicyclic) bond motifs is 1. The summed E-state index contributed by atoms with van der Waals surface area (Å²) >= 11 is 0. The summed E-state index contributed by atoms with van der Waals surface area (Å²) in [5.41, 5.74) is 6.11. The second kappa shape index (κ2) is 8.45. The Morgan fingerprint density at radius 3 is 2.72 bits per heavy atom. The van der Waals surface area contributed by atoms with Crippen molar-refractivity contribution < 1.29 is 4.84 Å². The molecule has 0 saturated heterocycles. The van der Waals surface area contributed by atoms with E-state index < -0.39 is 0 Å². The number of benzene rings is 3. The minimum atomic E-state index is 0.266. The van der Waals surface area contributed by atoms with Crippen molar-refractivity contribution >= 4 is 17.1 Å². The monoisotopic (exact) mass is 379 g/mol. The van der Waals surface area contributed by atoms with E-state index in [0.717, 1.165) is 28.6 Å². The highest BCUT2D eigenvalue weighted by molar-refractivity contribution is 5.99. The van der Waals surface area contributed by atoms with Crippen molar-refractivity contribution in [3.8, 4) is 6.07 Å². The van der Waals surface area contributed by atoms with E-state index in [-0.39, 0.29) is 6.61 Å². The first-order chi connectivity index (χ1) is 14.2. The van der Waals surface area contributed by atoms with Crippen LogP contribution in [0.1, 0.15) is 27.8 Å². The van der Waals surface area contributed by atoms with Crippen LogP contribution in [0.3, 0.4) is 0 Å². The van der Waals surface area contributed by atoms with Crippen LogP contribution in [0, 0.1) is 18.3 Å². The van der Waals surface area contributed by atoms with Gasteiger partial charge in [-0.1, -0.05) is 71.4 Å². The summed E-state index contributed by atoms with van der Waals surface area (Å²) in [7, 11) is 0. The smallest absolute Gasteiger partial charge is 0.143 e. The Kier molecular flexibility index (Phi) is 5.40. The molecule has 0 fully saturated rings. The number of para-hydroxylation sites is 1. The van der Waals surface area contributed by atoms with Crippen molar-refractivity contribution in [1.29, 1.82) is 5.26 Å². The molecule has 142 valence electrons. The maximum atomic E-state index is 9.17. The number of rotatable bonds is 6. The minimum absolute atomic E-state index is 0.266. The first-order valence-corrected chi connectivity index (χ1v) is 9.51. The van der Waals surface area contributed by atoms with Gasteiger partial charge in [-0.05, 0) is 24.6 Å². The predicted molar refractivity (Wildman–Crippen MR) is 116 cm³/mol. The summed E-state index contributed by atoms with van der Waals surface area (Å²) in [6.07, 6.45) is 3.84. The Bertz CT molecular complexity index is 1210. The molecule has 0 atom stereocenters. The van der Waals surface area contributed by atoms with Gasteiger partial charge in [-0.25, -0.2) is 0 Å². The van der Waals surface area contributed by atoms with Gasteiger partial charge >= 0.3 is 0 Å². The maximum Gasteiger partial charge on any atom is 0.143 e. The van der Waals surface area contributed by atoms with Gasteiger partial charge in [-0.2, -0.15) is 5.26 Å². The summed E-state index contributed by atoms with van der Waals surface area (Å²) in [5, 5.41) is 14.4. The van der Waals surface area contributed by atoms with Crippen molar-refractivity contribution in [3.63, 3.8) is 0 Å². The largest absolute Gasteiger partial charge is 0.391 e. The van der Waals surface area contributed by atoms with Gasteiger partial charge in [0.15, 0.2) is 0 Å². The Balaban J connectivity index is 1.55. The lowest BCUT2D eigenvalue weighted by molar-refractivity contribution is 0.132. The molecular weight excluding hydrogens is 358 g/mol. The van der Waals surface area contributed by atoms with Crippen LogP contribution >= 0.6 is 0 Å². The molecule has 4 nitrogen and oxygen atoms in total. The molecule has 0 N–H and O–H groups in total. The van der Waals surface area contributed by atoms with E-state index in [2.05, 4.69) is 65.3 Å². The van der Waals surface area contributed by atoms with E-state index in [9.17, 15) is 0 Å². The van der Waals surface area contributed by atoms with E-state index in [1.54, 1.807) is 12.3 Å². The van der Waals surface area contributed by atoms with E-state index in [4.69, 9.17) is 10.1 Å². The van der Waals surface area contributed by atoms with Gasteiger partial charge in [-0.15, -0.1) is 0 Å².